The maximum Gasteiger partial charge on any atom is 0.271 e. The molecule has 0 saturated heterocycles. The highest BCUT2D eigenvalue weighted by Gasteiger charge is 2.21. The van der Waals surface area contributed by atoms with Crippen LogP contribution in [0.15, 0.2) is 33.9 Å². The number of nitrogens with zero attached hydrogens (tertiary/aromatic N) is 5. The van der Waals surface area contributed by atoms with Gasteiger partial charge in [0.15, 0.2) is 0 Å². The Bertz CT molecular complexity index is 997. The zero-order valence-electron chi connectivity index (χ0n) is 15.4. The number of hydrogen-bond donors (Lipinski definition) is 2. The first kappa shape index (κ1) is 19.4. The lowest BCUT2D eigenvalue weighted by molar-refractivity contribution is -0.115. The maximum atomic E-state index is 12.5. The molecular weight excluding hydrogens is 430 g/mol. The summed E-state index contributed by atoms with van der Waals surface area (Å²) in [7, 11) is 0. The maximum absolute atomic E-state index is 12.5. The molecule has 0 aliphatic heterocycles. The highest BCUT2D eigenvalue weighted by molar-refractivity contribution is 9.10. The number of halogens is 1. The molecule has 1 amide bonds. The minimum absolute atomic E-state index is 0.153. The molecule has 1 atom stereocenters. The van der Waals surface area contributed by atoms with Crippen LogP contribution in [0.1, 0.15) is 23.9 Å². The van der Waals surface area contributed by atoms with Crippen molar-refractivity contribution in [1.82, 2.24) is 24.7 Å². The molecule has 0 saturated carbocycles. The van der Waals surface area contributed by atoms with Gasteiger partial charge in [0.05, 0.1) is 16.6 Å². The summed E-state index contributed by atoms with van der Waals surface area (Å²) in [5.74, 6) is 6.37. The lowest BCUT2D eigenvalue weighted by Gasteiger charge is -2.13. The van der Waals surface area contributed by atoms with E-state index in [0.717, 1.165) is 27.1 Å². The van der Waals surface area contributed by atoms with Crippen LogP contribution in [0, 0.1) is 20.8 Å². The molecule has 3 aromatic rings. The van der Waals surface area contributed by atoms with Gasteiger partial charge in [-0.1, -0.05) is 17.8 Å². The minimum Gasteiger partial charge on any atom is -0.334 e. The summed E-state index contributed by atoms with van der Waals surface area (Å²) in [4.78, 5) is 12.5. The zero-order valence-corrected chi connectivity index (χ0v) is 17.8. The van der Waals surface area contributed by atoms with Crippen molar-refractivity contribution < 1.29 is 4.79 Å². The smallest absolute Gasteiger partial charge is 0.271 e. The van der Waals surface area contributed by atoms with Gasteiger partial charge in [-0.05, 0) is 67.4 Å². The number of benzene rings is 1. The third kappa shape index (κ3) is 4.16. The summed E-state index contributed by atoms with van der Waals surface area (Å²) in [6.07, 6.45) is 0. The molecule has 3 rings (SSSR count). The monoisotopic (exact) mass is 449 g/mol. The Balaban J connectivity index is 1.73. The van der Waals surface area contributed by atoms with Gasteiger partial charge in [-0.15, -0.1) is 10.2 Å². The van der Waals surface area contributed by atoms with Crippen molar-refractivity contribution in [1.29, 1.82) is 0 Å². The van der Waals surface area contributed by atoms with E-state index in [1.807, 2.05) is 45.0 Å². The molecule has 142 valence electrons. The highest BCUT2D eigenvalue weighted by Crippen LogP contribution is 2.26. The van der Waals surface area contributed by atoms with Crippen LogP contribution in [-0.2, 0) is 4.79 Å². The van der Waals surface area contributed by atoms with Crippen LogP contribution in [-0.4, -0.2) is 35.8 Å². The van der Waals surface area contributed by atoms with Crippen LogP contribution < -0.4 is 11.2 Å². The molecule has 0 aliphatic carbocycles. The van der Waals surface area contributed by atoms with Crippen molar-refractivity contribution in [3.05, 3.63) is 45.7 Å². The van der Waals surface area contributed by atoms with Crippen LogP contribution in [0.2, 0.25) is 0 Å². The normalized spacial score (nSPS) is 12.2. The third-order valence-electron chi connectivity index (χ3n) is 3.88. The predicted octanol–water partition coefficient (Wildman–Crippen LogP) is 2.98. The minimum atomic E-state index is -0.419. The Labute approximate surface area is 169 Å². The second-order valence-electron chi connectivity index (χ2n) is 6.22. The third-order valence-corrected chi connectivity index (χ3v) is 5.59. The van der Waals surface area contributed by atoms with Crippen molar-refractivity contribution in [2.75, 3.05) is 11.2 Å². The lowest BCUT2D eigenvalue weighted by atomic mass is 10.2. The predicted molar refractivity (Wildman–Crippen MR) is 110 cm³/mol. The number of thioether (sulfide) groups is 1. The molecule has 8 nitrogen and oxygen atoms in total. The summed E-state index contributed by atoms with van der Waals surface area (Å²) >= 11 is 4.69. The Hall–Kier alpha value is -2.33. The van der Waals surface area contributed by atoms with Gasteiger partial charge < -0.3 is 11.2 Å². The van der Waals surface area contributed by atoms with Gasteiger partial charge in [-0.2, -0.15) is 5.10 Å². The summed E-state index contributed by atoms with van der Waals surface area (Å²) < 4.78 is 3.80. The number of nitrogens with two attached hydrogens (primary N) is 1. The fourth-order valence-electron chi connectivity index (χ4n) is 2.49. The van der Waals surface area contributed by atoms with Crippen LogP contribution >= 0.6 is 27.7 Å². The van der Waals surface area contributed by atoms with E-state index < -0.39 is 5.25 Å². The summed E-state index contributed by atoms with van der Waals surface area (Å²) in [5.41, 5.74) is 3.59. The number of anilines is 1. The number of nitrogen functional groups attached to an aromatic ring is 1. The Morgan fingerprint density at radius 2 is 2.00 bits per heavy atom. The second kappa shape index (κ2) is 7.73. The average molecular weight is 450 g/mol. The van der Waals surface area contributed by atoms with Crippen molar-refractivity contribution >= 4 is 39.3 Å². The molecule has 27 heavy (non-hydrogen) atoms. The molecule has 3 N–H and O–H groups in total. The second-order valence-corrected chi connectivity index (χ2v) is 8.39. The van der Waals surface area contributed by atoms with E-state index in [4.69, 9.17) is 5.84 Å². The highest BCUT2D eigenvalue weighted by atomic mass is 79.9. The van der Waals surface area contributed by atoms with Crippen LogP contribution in [0.4, 0.5) is 5.69 Å². The van der Waals surface area contributed by atoms with Crippen LogP contribution in [0.5, 0.6) is 0 Å². The van der Waals surface area contributed by atoms with E-state index in [1.165, 1.54) is 16.4 Å². The number of carbonyl (C=O) groups is 1. The molecule has 0 bridgehead atoms. The SMILES string of the molecule is Cc1ccc(NC(=O)C(C)Sc2nnc(-n3nc(C)cc3C)n2N)c(Br)c1. The molecule has 0 aliphatic rings. The fourth-order valence-corrected chi connectivity index (χ4v) is 3.85. The van der Waals surface area contributed by atoms with Crippen LogP contribution in [0.25, 0.3) is 5.95 Å². The van der Waals surface area contributed by atoms with Gasteiger partial charge in [0, 0.05) is 10.2 Å². The Kier molecular flexibility index (Phi) is 5.56. The molecule has 0 fully saturated rings. The van der Waals surface area contributed by atoms with Crippen molar-refractivity contribution in [2.45, 2.75) is 38.1 Å². The number of nitrogens with one attached hydrogen (secondary N) is 1. The van der Waals surface area contributed by atoms with Gasteiger partial charge in [-0.25, -0.2) is 9.36 Å². The van der Waals surface area contributed by atoms with E-state index in [9.17, 15) is 4.79 Å². The number of aryl methyl sites for hydroxylation is 3. The van der Waals surface area contributed by atoms with E-state index in [2.05, 4.69) is 36.5 Å². The number of rotatable bonds is 5. The topological polar surface area (TPSA) is 104 Å². The van der Waals surface area contributed by atoms with Gasteiger partial charge in [0.25, 0.3) is 5.95 Å². The molecule has 0 radical (unpaired) electrons. The lowest BCUT2D eigenvalue weighted by Crippen LogP contribution is -2.24. The van der Waals surface area contributed by atoms with E-state index >= 15 is 0 Å². The van der Waals surface area contributed by atoms with E-state index in [0.29, 0.717) is 11.1 Å². The standard InChI is InChI=1S/C17H20BrN7OS/c1-9-5-6-14(13(18)7-9)20-15(26)12(4)27-17-22-21-16(24(17)19)25-11(3)8-10(2)23-25/h5-8,12H,19H2,1-4H3,(H,20,26). The zero-order chi connectivity index (χ0) is 19.7. The summed E-state index contributed by atoms with van der Waals surface area (Å²) in [5, 5.41) is 15.5. The van der Waals surface area contributed by atoms with Crippen molar-refractivity contribution in [2.24, 2.45) is 0 Å². The summed E-state index contributed by atoms with van der Waals surface area (Å²) in [6.45, 7) is 7.59. The first-order valence-corrected chi connectivity index (χ1v) is 9.91. The van der Waals surface area contributed by atoms with Crippen molar-refractivity contribution in [3.63, 3.8) is 0 Å². The van der Waals surface area contributed by atoms with Gasteiger partial charge in [0.1, 0.15) is 0 Å². The molecule has 0 spiro atoms. The van der Waals surface area contributed by atoms with E-state index in [1.54, 1.807) is 11.6 Å². The Morgan fingerprint density at radius 1 is 1.26 bits per heavy atom. The van der Waals surface area contributed by atoms with Gasteiger partial charge >= 0.3 is 0 Å². The average Bonchev–Trinajstić information content (AvgIpc) is 3.12. The molecule has 1 aromatic carbocycles. The molecule has 1 unspecified atom stereocenters. The number of aromatic nitrogens is 5. The number of carbonyl (C=O) groups excluding carboxylic acids is 1. The Morgan fingerprint density at radius 3 is 2.63 bits per heavy atom. The van der Waals surface area contributed by atoms with Crippen molar-refractivity contribution in [3.8, 4) is 5.95 Å². The largest absolute Gasteiger partial charge is 0.334 e. The quantitative estimate of drug-likeness (QED) is 0.458. The first-order valence-electron chi connectivity index (χ1n) is 8.24. The fraction of sp³-hybridized carbons (Fsp3) is 0.294. The first-order chi connectivity index (χ1) is 12.8. The molecule has 2 aromatic heterocycles. The number of hydrogen-bond acceptors (Lipinski definition) is 6. The van der Waals surface area contributed by atoms with Crippen LogP contribution in [0.3, 0.4) is 0 Å². The molecule has 10 heteroatoms. The molecular formula is C17H20BrN7OS. The van der Waals surface area contributed by atoms with E-state index in [-0.39, 0.29) is 5.91 Å². The molecule has 2 heterocycles. The number of amides is 1. The van der Waals surface area contributed by atoms with Gasteiger partial charge in [-0.3, -0.25) is 4.79 Å². The summed E-state index contributed by atoms with van der Waals surface area (Å²) in [6, 6.07) is 7.68. The van der Waals surface area contributed by atoms with Gasteiger partial charge in [0.2, 0.25) is 11.1 Å².